The number of benzene rings is 1. The maximum atomic E-state index is 14.0. The van der Waals surface area contributed by atoms with Crippen molar-refractivity contribution in [3.05, 3.63) is 59.1 Å². The summed E-state index contributed by atoms with van der Waals surface area (Å²) in [5.74, 6) is -15.6. The molecule has 0 amide bonds. The van der Waals surface area contributed by atoms with Crippen molar-refractivity contribution in [2.24, 2.45) is 0 Å². The molecule has 1 nitrogen and oxygen atoms in total. The minimum Gasteiger partial charge on any atom is -0.391 e. The van der Waals surface area contributed by atoms with E-state index in [1.807, 2.05) is 6.92 Å². The van der Waals surface area contributed by atoms with Crippen LogP contribution in [0, 0.1) is 0 Å². The summed E-state index contributed by atoms with van der Waals surface area (Å²) < 4.78 is 104. The first-order valence-corrected chi connectivity index (χ1v) is 9.23. The highest BCUT2D eigenvalue weighted by atomic mass is 19.4. The molecule has 168 valence electrons. The van der Waals surface area contributed by atoms with Gasteiger partial charge in [0.05, 0.1) is 6.61 Å². The van der Waals surface area contributed by atoms with E-state index in [1.54, 1.807) is 30.3 Å². The Kier molecular flexibility index (Phi) is 9.31. The third kappa shape index (κ3) is 6.44. The van der Waals surface area contributed by atoms with E-state index in [9.17, 15) is 40.2 Å². The topological polar surface area (TPSA) is 20.2 Å². The Balaban J connectivity index is 3.46. The molecule has 30 heavy (non-hydrogen) atoms. The molecule has 1 rings (SSSR count). The van der Waals surface area contributed by atoms with Crippen molar-refractivity contribution in [3.63, 3.8) is 0 Å². The monoisotopic (exact) mass is 442 g/mol. The smallest absolute Gasteiger partial charge is 0.391 e. The molecule has 1 aromatic carbocycles. The second-order valence-corrected chi connectivity index (χ2v) is 6.60. The van der Waals surface area contributed by atoms with Crippen LogP contribution in [0.15, 0.2) is 53.5 Å². The molecule has 0 saturated heterocycles. The van der Waals surface area contributed by atoms with Crippen molar-refractivity contribution in [2.75, 3.05) is 6.61 Å². The quantitative estimate of drug-likeness (QED) is 0.175. The van der Waals surface area contributed by atoms with Crippen LogP contribution in [0.25, 0.3) is 5.57 Å². The molecule has 0 aliphatic heterocycles. The zero-order chi connectivity index (χ0) is 23.0. The van der Waals surface area contributed by atoms with Crippen LogP contribution in [0.5, 0.6) is 0 Å². The van der Waals surface area contributed by atoms with Gasteiger partial charge in [0.15, 0.2) is 5.83 Å². The van der Waals surface area contributed by atoms with Crippen LogP contribution in [-0.4, -0.2) is 29.7 Å². The third-order valence-corrected chi connectivity index (χ3v) is 4.24. The van der Waals surface area contributed by atoms with Gasteiger partial charge in [0, 0.05) is 5.57 Å². The van der Waals surface area contributed by atoms with E-state index in [2.05, 4.69) is 5.73 Å². The van der Waals surface area contributed by atoms with E-state index in [-0.39, 0.29) is 23.6 Å². The van der Waals surface area contributed by atoms with Crippen LogP contribution < -0.4 is 0 Å². The highest BCUT2D eigenvalue weighted by molar-refractivity contribution is 5.66. The average molecular weight is 442 g/mol. The van der Waals surface area contributed by atoms with E-state index in [0.29, 0.717) is 18.4 Å². The van der Waals surface area contributed by atoms with Gasteiger partial charge in [0.2, 0.25) is 0 Å². The largest absolute Gasteiger partial charge is 0.460 e. The van der Waals surface area contributed by atoms with E-state index in [0.717, 1.165) is 12.8 Å². The third-order valence-electron chi connectivity index (χ3n) is 4.24. The summed E-state index contributed by atoms with van der Waals surface area (Å²) in [4.78, 5) is 0. The lowest BCUT2D eigenvalue weighted by Gasteiger charge is -2.27. The van der Waals surface area contributed by atoms with Gasteiger partial charge in [0.25, 0.3) is 0 Å². The number of alkyl halides is 7. The normalized spacial score (nSPS) is 13.2. The molecular weight excluding hydrogens is 420 g/mol. The Hall–Kier alpha value is -2.12. The van der Waals surface area contributed by atoms with Gasteiger partial charge in [-0.2, -0.15) is 30.7 Å². The summed E-state index contributed by atoms with van der Waals surface area (Å²) in [6.45, 7) is 1.27. The fourth-order valence-corrected chi connectivity index (χ4v) is 2.52. The lowest BCUT2D eigenvalue weighted by Crippen LogP contribution is -2.52. The maximum Gasteiger partial charge on any atom is 0.460 e. The van der Waals surface area contributed by atoms with Crippen molar-refractivity contribution in [1.29, 1.82) is 0 Å². The van der Waals surface area contributed by atoms with Crippen molar-refractivity contribution in [1.82, 2.24) is 0 Å². The Labute approximate surface area is 169 Å². The van der Waals surface area contributed by atoms with Gasteiger partial charge < -0.3 is 5.11 Å². The van der Waals surface area contributed by atoms with E-state index in [4.69, 9.17) is 0 Å². The number of aliphatic hydroxyl groups excluding tert-OH is 1. The summed E-state index contributed by atoms with van der Waals surface area (Å²) >= 11 is 0. The van der Waals surface area contributed by atoms with Crippen LogP contribution in [0.4, 0.5) is 35.1 Å². The van der Waals surface area contributed by atoms with Gasteiger partial charge in [-0.1, -0.05) is 56.5 Å². The van der Waals surface area contributed by atoms with Crippen LogP contribution in [0.2, 0.25) is 0 Å². The van der Waals surface area contributed by atoms with Gasteiger partial charge in [-0.05, 0) is 30.1 Å². The van der Waals surface area contributed by atoms with E-state index < -0.39 is 30.5 Å². The number of allylic oxidation sites excluding steroid dienone is 2. The van der Waals surface area contributed by atoms with Crippen LogP contribution >= 0.6 is 0 Å². The van der Waals surface area contributed by atoms with Gasteiger partial charge in [-0.25, -0.2) is 4.39 Å². The molecule has 0 aromatic heterocycles. The lowest BCUT2D eigenvalue weighted by molar-refractivity contribution is -0.347. The summed E-state index contributed by atoms with van der Waals surface area (Å²) in [6, 6.07) is 7.94. The molecule has 0 spiro atoms. The van der Waals surface area contributed by atoms with Crippen molar-refractivity contribution >= 4 is 5.57 Å². The van der Waals surface area contributed by atoms with Crippen molar-refractivity contribution in [2.45, 2.75) is 57.0 Å². The highest BCUT2D eigenvalue weighted by Crippen LogP contribution is 2.50. The second kappa shape index (κ2) is 10.8. The number of unbranched alkanes of at least 4 members (excludes halogenated alkanes) is 3. The van der Waals surface area contributed by atoms with Crippen LogP contribution in [-0.2, 0) is 0 Å². The number of halogens is 8. The molecule has 0 fully saturated rings. The molecule has 0 aliphatic rings. The average Bonchev–Trinajstić information content (AvgIpc) is 2.68. The van der Waals surface area contributed by atoms with E-state index >= 15 is 0 Å². The molecule has 9 heteroatoms. The number of hydrogen-bond donors (Lipinski definition) is 1. The summed E-state index contributed by atoms with van der Waals surface area (Å²) in [6.07, 6.45) is -4.26. The number of hydrogen-bond acceptors (Lipinski definition) is 1. The molecule has 1 aromatic rings. The van der Waals surface area contributed by atoms with Crippen molar-refractivity contribution in [3.8, 4) is 0 Å². The fraction of sp³-hybridized carbons (Fsp3) is 0.476. The van der Waals surface area contributed by atoms with Gasteiger partial charge in [-0.15, -0.1) is 5.73 Å². The predicted octanol–water partition coefficient (Wildman–Crippen LogP) is 7.24. The van der Waals surface area contributed by atoms with Crippen LogP contribution in [0.1, 0.15) is 44.6 Å². The molecular formula is C21H22F8O. The van der Waals surface area contributed by atoms with Crippen LogP contribution in [0.3, 0.4) is 0 Å². The Morgan fingerprint density at radius 3 is 2.07 bits per heavy atom. The molecule has 1 N–H and O–H groups in total. The maximum absolute atomic E-state index is 14.0. The van der Waals surface area contributed by atoms with Gasteiger partial charge in [-0.3, -0.25) is 0 Å². The van der Waals surface area contributed by atoms with Gasteiger partial charge in [0.1, 0.15) is 0 Å². The Bertz CT molecular complexity index is 772. The highest BCUT2D eigenvalue weighted by Gasteiger charge is 2.74. The Morgan fingerprint density at radius 2 is 1.57 bits per heavy atom. The van der Waals surface area contributed by atoms with Gasteiger partial charge >= 0.3 is 18.0 Å². The number of aliphatic hydroxyl groups is 1. The molecule has 0 radical (unpaired) electrons. The first kappa shape index (κ1) is 25.9. The minimum atomic E-state index is -6.64. The summed E-state index contributed by atoms with van der Waals surface area (Å²) in [5.41, 5.74) is 2.61. The molecule has 0 aliphatic carbocycles. The van der Waals surface area contributed by atoms with E-state index in [1.165, 1.54) is 0 Å². The molecule has 0 heterocycles. The Morgan fingerprint density at radius 1 is 0.967 bits per heavy atom. The zero-order valence-corrected chi connectivity index (χ0v) is 16.2. The fourth-order valence-electron chi connectivity index (χ4n) is 2.52. The number of rotatable bonds is 10. The first-order chi connectivity index (χ1) is 13.9. The minimum absolute atomic E-state index is 0.0514. The molecule has 0 unspecified atom stereocenters. The first-order valence-electron chi connectivity index (χ1n) is 9.23. The predicted molar refractivity (Wildman–Crippen MR) is 97.9 cm³/mol. The lowest BCUT2D eigenvalue weighted by atomic mass is 10.0. The molecule has 0 saturated carbocycles. The standard InChI is InChI=1S/C21H22F8O/c1-2-3-4-6-9-15(12-17(14-30)16-10-7-5-8-11-16)13-18(22)19(23,24)20(25,26)21(27,28)29/h5,7-8,10-11,13,30H,2-4,6,9,14H2,1H3/b18-13-. The summed E-state index contributed by atoms with van der Waals surface area (Å²) in [5, 5.41) is 9.52. The zero-order valence-electron chi connectivity index (χ0n) is 16.2. The second-order valence-electron chi connectivity index (χ2n) is 6.60. The molecule has 0 atom stereocenters. The van der Waals surface area contributed by atoms with Crippen molar-refractivity contribution < 1.29 is 40.2 Å². The molecule has 0 bridgehead atoms. The SMILES string of the molecule is CCCCCCC(=C=C(CO)c1ccccc1)/C=C(\F)C(F)(F)C(F)(F)C(F)(F)F. The summed E-state index contributed by atoms with van der Waals surface area (Å²) in [7, 11) is 0.